The molecule has 6 heteroatoms. The largest absolute Gasteiger partial charge is 0.493 e. The van der Waals surface area contributed by atoms with Crippen LogP contribution in [0.5, 0.6) is 11.5 Å². The van der Waals surface area contributed by atoms with Gasteiger partial charge in [0, 0.05) is 31.9 Å². The molecule has 0 radical (unpaired) electrons. The van der Waals surface area contributed by atoms with E-state index in [1.807, 2.05) is 23.6 Å². The third-order valence-electron chi connectivity index (χ3n) is 3.16. The molecule has 0 bridgehead atoms. The third-order valence-corrected chi connectivity index (χ3v) is 3.16. The Kier molecular flexibility index (Phi) is 4.68. The van der Waals surface area contributed by atoms with Crippen molar-refractivity contribution in [1.29, 1.82) is 0 Å². The lowest BCUT2D eigenvalue weighted by molar-refractivity contribution is 0.142. The predicted molar refractivity (Wildman–Crippen MR) is 78.4 cm³/mol. The first-order valence-electron chi connectivity index (χ1n) is 6.66. The first-order chi connectivity index (χ1) is 9.71. The molecule has 20 heavy (non-hydrogen) atoms. The average molecular weight is 279 g/mol. The summed E-state index contributed by atoms with van der Waals surface area (Å²) in [6.07, 6.45) is 0.887. The van der Waals surface area contributed by atoms with Crippen LogP contribution >= 0.6 is 0 Å². The Morgan fingerprint density at radius 2 is 1.90 bits per heavy atom. The van der Waals surface area contributed by atoms with Gasteiger partial charge in [-0.25, -0.2) is 4.98 Å². The van der Waals surface area contributed by atoms with E-state index in [1.165, 1.54) is 0 Å². The molecule has 1 aromatic carbocycles. The lowest BCUT2D eigenvalue weighted by Gasteiger charge is -2.09. The van der Waals surface area contributed by atoms with E-state index in [2.05, 4.69) is 4.98 Å². The number of fused-ring (bicyclic) bond motifs is 1. The molecule has 0 unspecified atom stereocenters. The molecule has 2 rings (SSSR count). The minimum atomic E-state index is 0.492. The van der Waals surface area contributed by atoms with Crippen LogP contribution < -0.4 is 15.2 Å². The normalized spacial score (nSPS) is 10.9. The van der Waals surface area contributed by atoms with Gasteiger partial charge in [0.25, 0.3) is 0 Å². The van der Waals surface area contributed by atoms with Gasteiger partial charge in [-0.1, -0.05) is 0 Å². The van der Waals surface area contributed by atoms with Crippen LogP contribution in [0.25, 0.3) is 11.0 Å². The predicted octanol–water partition coefficient (Wildman–Crippen LogP) is 2.06. The van der Waals surface area contributed by atoms with Crippen molar-refractivity contribution in [2.75, 3.05) is 33.2 Å². The zero-order chi connectivity index (χ0) is 14.5. The molecule has 2 N–H and O–H groups in total. The Labute approximate surface area is 118 Å². The van der Waals surface area contributed by atoms with Gasteiger partial charge in [0.05, 0.1) is 25.3 Å². The van der Waals surface area contributed by atoms with Crippen LogP contribution in [0.3, 0.4) is 0 Å². The monoisotopic (exact) mass is 279 g/mol. The van der Waals surface area contributed by atoms with E-state index in [4.69, 9.17) is 19.9 Å². The fourth-order valence-corrected chi connectivity index (χ4v) is 2.17. The number of nitrogens with zero attached hydrogens (tertiary/aromatic N) is 2. The zero-order valence-electron chi connectivity index (χ0n) is 12.2. The Morgan fingerprint density at radius 1 is 1.20 bits per heavy atom. The van der Waals surface area contributed by atoms with Crippen molar-refractivity contribution < 1.29 is 14.2 Å². The summed E-state index contributed by atoms with van der Waals surface area (Å²) in [7, 11) is 3.22. The maximum Gasteiger partial charge on any atom is 0.201 e. The standard InChI is InChI=1S/C14H21N3O3/c1-4-20-7-5-6-17-11-9-13(19-3)12(18-2)8-10(11)16-14(17)15/h8-9H,4-7H2,1-3H3,(H2,15,16). The Morgan fingerprint density at radius 3 is 2.55 bits per heavy atom. The first kappa shape index (κ1) is 14.5. The Balaban J connectivity index is 2.31. The molecule has 6 nitrogen and oxygen atoms in total. The van der Waals surface area contributed by atoms with E-state index in [9.17, 15) is 0 Å². The van der Waals surface area contributed by atoms with Gasteiger partial charge >= 0.3 is 0 Å². The number of nitrogens with two attached hydrogens (primary N) is 1. The minimum absolute atomic E-state index is 0.492. The molecular formula is C14H21N3O3. The topological polar surface area (TPSA) is 71.5 Å². The van der Waals surface area contributed by atoms with Gasteiger partial charge < -0.3 is 24.5 Å². The SMILES string of the molecule is CCOCCCn1c(N)nc2cc(OC)c(OC)cc21. The molecule has 110 valence electrons. The van der Waals surface area contributed by atoms with Crippen LogP contribution in [0.1, 0.15) is 13.3 Å². The van der Waals surface area contributed by atoms with E-state index in [1.54, 1.807) is 14.2 Å². The molecule has 1 aromatic heterocycles. The molecule has 0 saturated heterocycles. The van der Waals surface area contributed by atoms with Crippen molar-refractivity contribution in [3.8, 4) is 11.5 Å². The van der Waals surface area contributed by atoms with Gasteiger partial charge in [0.15, 0.2) is 11.5 Å². The summed E-state index contributed by atoms with van der Waals surface area (Å²) in [5, 5.41) is 0. The fraction of sp³-hybridized carbons (Fsp3) is 0.500. The lowest BCUT2D eigenvalue weighted by Crippen LogP contribution is -2.06. The quantitative estimate of drug-likeness (QED) is 0.785. The van der Waals surface area contributed by atoms with E-state index in [0.29, 0.717) is 24.1 Å². The highest BCUT2D eigenvalue weighted by Crippen LogP contribution is 2.32. The van der Waals surface area contributed by atoms with Crippen molar-refractivity contribution >= 4 is 17.0 Å². The van der Waals surface area contributed by atoms with Crippen LogP contribution in [-0.2, 0) is 11.3 Å². The Bertz CT molecular complexity index is 581. The van der Waals surface area contributed by atoms with E-state index in [0.717, 1.165) is 30.6 Å². The number of hydrogen-bond acceptors (Lipinski definition) is 5. The number of aromatic nitrogens is 2. The van der Waals surface area contributed by atoms with Crippen molar-refractivity contribution in [2.24, 2.45) is 0 Å². The molecule has 0 aliphatic carbocycles. The van der Waals surface area contributed by atoms with Gasteiger partial charge in [0.2, 0.25) is 5.95 Å². The van der Waals surface area contributed by atoms with Crippen LogP contribution in [0.4, 0.5) is 5.95 Å². The van der Waals surface area contributed by atoms with Crippen molar-refractivity contribution in [1.82, 2.24) is 9.55 Å². The molecule has 0 aliphatic heterocycles. The minimum Gasteiger partial charge on any atom is -0.493 e. The maximum atomic E-state index is 5.98. The smallest absolute Gasteiger partial charge is 0.201 e. The summed E-state index contributed by atoms with van der Waals surface area (Å²) in [6, 6.07) is 3.74. The number of anilines is 1. The molecule has 0 fully saturated rings. The highest BCUT2D eigenvalue weighted by atomic mass is 16.5. The summed E-state index contributed by atoms with van der Waals surface area (Å²) in [6.45, 7) is 4.18. The summed E-state index contributed by atoms with van der Waals surface area (Å²) < 4.78 is 17.9. The van der Waals surface area contributed by atoms with Crippen molar-refractivity contribution in [3.05, 3.63) is 12.1 Å². The number of ether oxygens (including phenoxy) is 3. The fourth-order valence-electron chi connectivity index (χ4n) is 2.17. The second-order valence-corrected chi connectivity index (χ2v) is 4.37. The molecule has 0 saturated carbocycles. The Hall–Kier alpha value is -1.95. The summed E-state index contributed by atoms with van der Waals surface area (Å²) in [4.78, 5) is 4.36. The number of methoxy groups -OCH3 is 2. The van der Waals surface area contributed by atoms with Gasteiger partial charge in [-0.05, 0) is 13.3 Å². The molecule has 0 amide bonds. The van der Waals surface area contributed by atoms with Crippen LogP contribution in [-0.4, -0.2) is 37.0 Å². The first-order valence-corrected chi connectivity index (χ1v) is 6.66. The number of hydrogen-bond donors (Lipinski definition) is 1. The van der Waals surface area contributed by atoms with E-state index < -0.39 is 0 Å². The second kappa shape index (κ2) is 6.47. The number of nitrogen functional groups attached to an aromatic ring is 1. The highest BCUT2D eigenvalue weighted by molar-refractivity contribution is 5.82. The van der Waals surface area contributed by atoms with E-state index >= 15 is 0 Å². The van der Waals surface area contributed by atoms with Crippen molar-refractivity contribution in [3.63, 3.8) is 0 Å². The molecule has 0 atom stereocenters. The molecular weight excluding hydrogens is 258 g/mol. The number of benzene rings is 1. The lowest BCUT2D eigenvalue weighted by atomic mass is 10.2. The summed E-state index contributed by atoms with van der Waals surface area (Å²) >= 11 is 0. The second-order valence-electron chi connectivity index (χ2n) is 4.37. The summed E-state index contributed by atoms with van der Waals surface area (Å²) in [5.41, 5.74) is 7.72. The average Bonchev–Trinajstić information content (AvgIpc) is 2.77. The summed E-state index contributed by atoms with van der Waals surface area (Å²) in [5.74, 6) is 1.82. The van der Waals surface area contributed by atoms with Gasteiger partial charge in [-0.15, -0.1) is 0 Å². The van der Waals surface area contributed by atoms with Gasteiger partial charge in [-0.2, -0.15) is 0 Å². The number of aryl methyl sites for hydroxylation is 1. The van der Waals surface area contributed by atoms with Crippen LogP contribution in [0.2, 0.25) is 0 Å². The van der Waals surface area contributed by atoms with Crippen LogP contribution in [0, 0.1) is 0 Å². The number of rotatable bonds is 7. The van der Waals surface area contributed by atoms with Crippen LogP contribution in [0.15, 0.2) is 12.1 Å². The van der Waals surface area contributed by atoms with Gasteiger partial charge in [0.1, 0.15) is 0 Å². The third kappa shape index (κ3) is 2.80. The number of imidazole rings is 1. The highest BCUT2D eigenvalue weighted by Gasteiger charge is 2.13. The van der Waals surface area contributed by atoms with Crippen molar-refractivity contribution in [2.45, 2.75) is 19.9 Å². The van der Waals surface area contributed by atoms with E-state index in [-0.39, 0.29) is 0 Å². The zero-order valence-corrected chi connectivity index (χ0v) is 12.2. The molecule has 0 spiro atoms. The molecule has 1 heterocycles. The molecule has 0 aliphatic rings. The maximum absolute atomic E-state index is 5.98. The molecule has 2 aromatic rings. The van der Waals surface area contributed by atoms with Gasteiger partial charge in [-0.3, -0.25) is 0 Å².